The van der Waals surface area contributed by atoms with Gasteiger partial charge in [0, 0.05) is 5.56 Å². The molecule has 0 fully saturated rings. The first-order valence-corrected chi connectivity index (χ1v) is 9.15. The predicted octanol–water partition coefficient (Wildman–Crippen LogP) is 2.58. The van der Waals surface area contributed by atoms with Crippen molar-refractivity contribution in [2.45, 2.75) is 6.17 Å². The quantitative estimate of drug-likeness (QED) is 0.755. The van der Waals surface area contributed by atoms with Crippen molar-refractivity contribution in [2.24, 2.45) is 5.73 Å². The molecule has 0 aliphatic carbocycles. The van der Waals surface area contributed by atoms with Crippen LogP contribution in [0.3, 0.4) is 0 Å². The summed E-state index contributed by atoms with van der Waals surface area (Å²) in [6.07, 6.45) is -1.16. The Hall–Kier alpha value is 0.0783. The number of hydrogen-bond donors (Lipinski definition) is 1. The third-order valence-corrected chi connectivity index (χ3v) is 1.34. The Morgan fingerprint density at radius 2 is 1.79 bits per heavy atom. The molecule has 1 unspecified atom stereocenters. The Morgan fingerprint density at radius 1 is 1.36 bits per heavy atom. The van der Waals surface area contributed by atoms with Crippen LogP contribution in [-0.4, -0.2) is 11.9 Å². The van der Waals surface area contributed by atoms with Gasteiger partial charge < -0.3 is 11.5 Å². The maximum Gasteiger partial charge on any atom is 0.158 e. The number of rotatable bonds is 2. The smallest absolute Gasteiger partial charge is 0.158 e. The first-order valence-electron chi connectivity index (χ1n) is 3.51. The van der Waals surface area contributed by atoms with Crippen molar-refractivity contribution in [3.63, 3.8) is 0 Å². The molecule has 1 aromatic rings. The zero-order chi connectivity index (χ0) is 11.0. The second kappa shape index (κ2) is 8.39. The van der Waals surface area contributed by atoms with Gasteiger partial charge in [-0.15, -0.1) is 0 Å². The van der Waals surface area contributed by atoms with Gasteiger partial charge in [0.15, 0.2) is 5.78 Å². The Morgan fingerprint density at radius 3 is 2.14 bits per heavy atom. The second-order valence-electron chi connectivity index (χ2n) is 2.25. The number of nitrogens with one attached hydrogen (secondary N) is 1. The van der Waals surface area contributed by atoms with Gasteiger partial charge in [0.2, 0.25) is 0 Å². The number of hydrogen-bond acceptors (Lipinski definition) is 2. The van der Waals surface area contributed by atoms with Crippen LogP contribution in [0.1, 0.15) is 10.4 Å². The van der Waals surface area contributed by atoms with E-state index in [9.17, 15) is 4.79 Å². The molecule has 0 heterocycles. The fourth-order valence-electron chi connectivity index (χ4n) is 0.782. The van der Waals surface area contributed by atoms with E-state index in [0.29, 0.717) is 5.56 Å². The Kier molecular flexibility index (Phi) is 8.44. The van der Waals surface area contributed by atoms with Crippen molar-refractivity contribution < 1.29 is 21.3 Å². The largest absolute Gasteiger partial charge is 0.656 e. The van der Waals surface area contributed by atoms with E-state index in [2.05, 4.69) is 0 Å². The number of ketones is 1. The summed E-state index contributed by atoms with van der Waals surface area (Å²) < 4.78 is 0. The summed E-state index contributed by atoms with van der Waals surface area (Å²) in [6, 6.07) is 8.60. The number of halogens is 2. The van der Waals surface area contributed by atoms with Crippen molar-refractivity contribution in [3.05, 3.63) is 41.6 Å². The summed E-state index contributed by atoms with van der Waals surface area (Å²) in [5.41, 5.74) is 12.5. The maximum absolute atomic E-state index is 11.0. The van der Waals surface area contributed by atoms with Crippen LogP contribution in [-0.2, 0) is 16.5 Å². The van der Waals surface area contributed by atoms with Crippen molar-refractivity contribution in [3.8, 4) is 0 Å². The normalized spacial score (nSPS) is 11.4. The van der Waals surface area contributed by atoms with Crippen molar-refractivity contribution >= 4 is 24.6 Å². The number of carbonyl (C=O) groups is 1. The van der Waals surface area contributed by atoms with E-state index >= 15 is 0 Å². The van der Waals surface area contributed by atoms with Gasteiger partial charge >= 0.3 is 35.3 Å². The van der Waals surface area contributed by atoms with Crippen molar-refractivity contribution in [1.82, 2.24) is 0 Å². The summed E-state index contributed by atoms with van der Waals surface area (Å²) in [6.45, 7) is 0. The fourth-order valence-corrected chi connectivity index (χ4v) is 0.782. The van der Waals surface area contributed by atoms with E-state index in [-0.39, 0.29) is 5.78 Å². The first kappa shape index (κ1) is 14.1. The van der Waals surface area contributed by atoms with Gasteiger partial charge in [-0.1, -0.05) is 30.3 Å². The third kappa shape index (κ3) is 5.73. The summed E-state index contributed by atoms with van der Waals surface area (Å²) in [7, 11) is 9.75. The van der Waals surface area contributed by atoms with Gasteiger partial charge in [-0.05, 0) is 6.17 Å². The van der Waals surface area contributed by atoms with E-state index in [1.807, 2.05) is 6.07 Å². The molecule has 14 heavy (non-hydrogen) atoms. The molecule has 0 radical (unpaired) electrons. The topological polar surface area (TPSA) is 66.9 Å². The Bertz CT molecular complexity index is 269. The van der Waals surface area contributed by atoms with E-state index < -0.39 is 22.6 Å². The number of carbonyl (C=O) groups excluding carboxylic acids is 1. The fraction of sp³-hybridized carbons (Fsp3) is 0.125. The molecule has 0 amide bonds. The summed E-state index contributed by atoms with van der Waals surface area (Å²) in [5.74, 6) is -0.342. The van der Waals surface area contributed by atoms with E-state index in [0.717, 1.165) is 0 Å². The number of Topliss-reactive ketones (excluding diaryl/α,β-unsaturated/α-hetero) is 1. The molecule has 3 N–H and O–H groups in total. The molecule has 6 heteroatoms. The molecule has 82 valence electrons. The van der Waals surface area contributed by atoms with E-state index in [1.54, 1.807) is 24.3 Å². The summed E-state index contributed by atoms with van der Waals surface area (Å²) in [4.78, 5) is 11.0. The average Bonchev–Trinajstić information content (AvgIpc) is 2.19. The third-order valence-electron chi connectivity index (χ3n) is 1.34. The van der Waals surface area contributed by atoms with Gasteiger partial charge in [-0.3, -0.25) is 4.79 Å². The zero-order valence-electron chi connectivity index (χ0n) is 7.02. The van der Waals surface area contributed by atoms with Crippen LogP contribution >= 0.6 is 18.8 Å². The first-order chi connectivity index (χ1) is 6.63. The van der Waals surface area contributed by atoms with Gasteiger partial charge in [-0.2, -0.15) is 0 Å². The van der Waals surface area contributed by atoms with Crippen LogP contribution in [0.2, 0.25) is 0 Å². The molecule has 0 aromatic heterocycles. The van der Waals surface area contributed by atoms with Crippen LogP contribution < -0.4 is 5.73 Å². The molecule has 1 rings (SSSR count). The summed E-state index contributed by atoms with van der Waals surface area (Å²) in [5, 5.41) is 0. The molecule has 0 aliphatic heterocycles. The molecule has 0 saturated heterocycles. The maximum atomic E-state index is 11.0. The molecule has 0 saturated carbocycles. The minimum atomic E-state index is -1.16. The Labute approximate surface area is 99.1 Å². The molecular weight excluding hydrogens is 406 g/mol. The Balaban J connectivity index is 0.000000500. The van der Waals surface area contributed by atoms with Crippen LogP contribution in [0.15, 0.2) is 30.3 Å². The van der Waals surface area contributed by atoms with Crippen LogP contribution in [0.25, 0.3) is 5.73 Å². The minimum Gasteiger partial charge on any atom is -0.656 e. The summed E-state index contributed by atoms with van der Waals surface area (Å²) >= 11 is -0.472. The second-order valence-corrected chi connectivity index (χ2v) is 5.54. The van der Waals surface area contributed by atoms with Gasteiger partial charge in [-0.25, -0.2) is 0 Å². The molecule has 0 aliphatic rings. The average molecular weight is 415 g/mol. The number of nitrogens with two attached hydrogens (primary N) is 1. The van der Waals surface area contributed by atoms with Crippen LogP contribution in [0, 0.1) is 0 Å². The van der Waals surface area contributed by atoms with Crippen LogP contribution in [0.5, 0.6) is 0 Å². The SMILES string of the molecule is [Cl][Pt][Cl].[NH-]C(N)C(=O)c1ccccc1. The monoisotopic (exact) mass is 414 g/mol. The number of benzene rings is 1. The van der Waals surface area contributed by atoms with Crippen molar-refractivity contribution in [1.29, 1.82) is 0 Å². The van der Waals surface area contributed by atoms with E-state index in [4.69, 9.17) is 30.3 Å². The molecule has 1 atom stereocenters. The van der Waals surface area contributed by atoms with Gasteiger partial charge in [0.1, 0.15) is 0 Å². The molecule has 1 aromatic carbocycles. The van der Waals surface area contributed by atoms with Crippen molar-refractivity contribution in [2.75, 3.05) is 0 Å². The predicted molar refractivity (Wildman–Crippen MR) is 54.8 cm³/mol. The minimum absolute atomic E-state index is 0.342. The van der Waals surface area contributed by atoms with E-state index in [1.165, 1.54) is 0 Å². The standard InChI is InChI=1S/C8H9N2O.2ClH.Pt/c9-8(10)7(11)6-4-2-1-3-5-6;;;/h1-5,8-9H,10H2;2*1H;/q-1;;;+2/p-2. The molecular formula is C8H9Cl2N2OPt-. The van der Waals surface area contributed by atoms with Gasteiger partial charge in [0.05, 0.1) is 0 Å². The molecule has 3 nitrogen and oxygen atoms in total. The molecule has 0 bridgehead atoms. The van der Waals surface area contributed by atoms with Crippen LogP contribution in [0.4, 0.5) is 0 Å². The zero-order valence-corrected chi connectivity index (χ0v) is 10.8. The van der Waals surface area contributed by atoms with Gasteiger partial charge in [0.25, 0.3) is 0 Å². The molecule has 0 spiro atoms.